The van der Waals surface area contributed by atoms with Crippen molar-refractivity contribution in [2.24, 2.45) is 11.8 Å². The summed E-state index contributed by atoms with van der Waals surface area (Å²) in [6, 6.07) is 0. The highest BCUT2D eigenvalue weighted by molar-refractivity contribution is 7.80. The fourth-order valence-electron chi connectivity index (χ4n) is 1.86. The minimum Gasteiger partial charge on any atom is -0.176 e. The predicted octanol–water partition coefficient (Wildman–Crippen LogP) is 4.55. The molecule has 0 spiro atoms. The number of unbranched alkanes of at least 4 members (excludes halogenated alkanes) is 1. The van der Waals surface area contributed by atoms with Gasteiger partial charge in [0.25, 0.3) is 0 Å². The highest BCUT2D eigenvalue weighted by atomic mass is 32.1. The van der Waals surface area contributed by atoms with Crippen LogP contribution in [-0.2, 0) is 0 Å². The maximum absolute atomic E-state index is 4.38. The Morgan fingerprint density at radius 1 is 0.923 bits per heavy atom. The van der Waals surface area contributed by atoms with E-state index in [1.54, 1.807) is 0 Å². The molecule has 80 valence electrons. The zero-order chi connectivity index (χ0) is 10.3. The molecule has 0 aliphatic rings. The Morgan fingerprint density at radius 3 is 1.92 bits per heavy atom. The van der Waals surface area contributed by atoms with Crippen LogP contribution in [0.2, 0.25) is 0 Å². The summed E-state index contributed by atoms with van der Waals surface area (Å²) in [6.07, 6.45) is 6.80. The smallest absolute Gasteiger partial charge is 0.00116 e. The molecule has 0 rings (SSSR count). The van der Waals surface area contributed by atoms with Crippen molar-refractivity contribution in [2.45, 2.75) is 65.0 Å². The molecule has 0 radical (unpaired) electrons. The lowest BCUT2D eigenvalue weighted by Crippen LogP contribution is -2.00. The van der Waals surface area contributed by atoms with Crippen LogP contribution < -0.4 is 0 Å². The van der Waals surface area contributed by atoms with E-state index in [1.807, 2.05) is 0 Å². The van der Waals surface area contributed by atoms with Crippen LogP contribution in [0.5, 0.6) is 0 Å². The summed E-state index contributed by atoms with van der Waals surface area (Å²) in [4.78, 5) is 0. The molecular weight excluding hydrogens is 176 g/mol. The Kier molecular flexibility index (Phi) is 7.93. The van der Waals surface area contributed by atoms with Crippen molar-refractivity contribution in [1.82, 2.24) is 0 Å². The van der Waals surface area contributed by atoms with Crippen LogP contribution in [0.15, 0.2) is 0 Å². The van der Waals surface area contributed by atoms with E-state index in [4.69, 9.17) is 0 Å². The van der Waals surface area contributed by atoms with E-state index in [1.165, 1.54) is 32.1 Å². The van der Waals surface area contributed by atoms with Crippen LogP contribution in [0.1, 0.15) is 59.8 Å². The molecule has 2 atom stereocenters. The van der Waals surface area contributed by atoms with Crippen LogP contribution in [-0.4, -0.2) is 5.25 Å². The summed E-state index contributed by atoms with van der Waals surface area (Å²) in [5.74, 6) is 1.77. The summed E-state index contributed by atoms with van der Waals surface area (Å²) >= 11 is 4.38. The van der Waals surface area contributed by atoms with Crippen LogP contribution in [0.4, 0.5) is 0 Å². The topological polar surface area (TPSA) is 0 Å². The molecule has 13 heavy (non-hydrogen) atoms. The number of thiol groups is 1. The monoisotopic (exact) mass is 202 g/mol. The molecule has 0 saturated carbocycles. The lowest BCUT2D eigenvalue weighted by molar-refractivity contribution is 0.399. The number of hydrogen-bond donors (Lipinski definition) is 1. The van der Waals surface area contributed by atoms with Gasteiger partial charge in [0, 0.05) is 0 Å². The molecule has 0 heterocycles. The van der Waals surface area contributed by atoms with Crippen molar-refractivity contribution in [3.05, 3.63) is 0 Å². The summed E-state index contributed by atoms with van der Waals surface area (Å²) < 4.78 is 0. The van der Waals surface area contributed by atoms with E-state index in [0.29, 0.717) is 5.25 Å². The largest absolute Gasteiger partial charge is 0.176 e. The molecule has 0 aromatic heterocycles. The van der Waals surface area contributed by atoms with Crippen LogP contribution in [0, 0.1) is 11.8 Å². The van der Waals surface area contributed by atoms with Crippen LogP contribution in [0.25, 0.3) is 0 Å². The second-order valence-electron chi connectivity index (χ2n) is 4.87. The summed E-state index contributed by atoms with van der Waals surface area (Å²) in [5, 5.41) is 0.584. The van der Waals surface area contributed by atoms with Gasteiger partial charge in [-0.1, -0.05) is 47.0 Å². The molecule has 0 amide bonds. The molecule has 0 N–H and O–H groups in total. The van der Waals surface area contributed by atoms with Gasteiger partial charge in [-0.25, -0.2) is 0 Å². The fraction of sp³-hybridized carbons (Fsp3) is 1.00. The van der Waals surface area contributed by atoms with Gasteiger partial charge in [0.05, 0.1) is 0 Å². The first-order valence-electron chi connectivity index (χ1n) is 5.70. The lowest BCUT2D eigenvalue weighted by atomic mass is 9.94. The van der Waals surface area contributed by atoms with Gasteiger partial charge in [0.15, 0.2) is 0 Å². The average molecular weight is 202 g/mol. The standard InChI is InChI=1S/C12H26S/c1-10(2)9-11(3)7-5-6-8-12(4)13/h10-13H,5-9H2,1-4H3. The zero-order valence-electron chi connectivity index (χ0n) is 9.71. The van der Waals surface area contributed by atoms with Crippen molar-refractivity contribution in [2.75, 3.05) is 0 Å². The number of hydrogen-bond acceptors (Lipinski definition) is 1. The summed E-state index contributed by atoms with van der Waals surface area (Å²) in [7, 11) is 0. The number of rotatable bonds is 7. The van der Waals surface area contributed by atoms with Crippen molar-refractivity contribution in [3.8, 4) is 0 Å². The SMILES string of the molecule is CC(C)CC(C)CCCCC(C)S. The van der Waals surface area contributed by atoms with Gasteiger partial charge in [-0.05, 0) is 29.9 Å². The Hall–Kier alpha value is 0.350. The molecule has 0 nitrogen and oxygen atoms in total. The predicted molar refractivity (Wildman–Crippen MR) is 65.5 cm³/mol. The van der Waals surface area contributed by atoms with Gasteiger partial charge in [0.1, 0.15) is 0 Å². The van der Waals surface area contributed by atoms with Gasteiger partial charge in [0.2, 0.25) is 0 Å². The fourth-order valence-corrected chi connectivity index (χ4v) is 2.04. The Balaban J connectivity index is 3.22. The minimum atomic E-state index is 0.584. The normalized spacial score (nSPS) is 16.2. The molecule has 2 unspecified atom stereocenters. The summed E-state index contributed by atoms with van der Waals surface area (Å²) in [6.45, 7) is 9.18. The van der Waals surface area contributed by atoms with Gasteiger partial charge in [-0.2, -0.15) is 12.6 Å². The van der Waals surface area contributed by atoms with E-state index in [2.05, 4.69) is 40.3 Å². The van der Waals surface area contributed by atoms with Crippen molar-refractivity contribution in [3.63, 3.8) is 0 Å². The summed E-state index contributed by atoms with van der Waals surface area (Å²) in [5.41, 5.74) is 0. The van der Waals surface area contributed by atoms with Crippen molar-refractivity contribution < 1.29 is 0 Å². The van der Waals surface area contributed by atoms with E-state index in [9.17, 15) is 0 Å². The molecule has 0 fully saturated rings. The average Bonchev–Trinajstić information content (AvgIpc) is 1.96. The Labute approximate surface area is 89.9 Å². The molecule has 0 aliphatic heterocycles. The molecular formula is C12H26S. The lowest BCUT2D eigenvalue weighted by Gasteiger charge is -2.13. The third-order valence-electron chi connectivity index (χ3n) is 2.44. The highest BCUT2D eigenvalue weighted by Crippen LogP contribution is 2.18. The van der Waals surface area contributed by atoms with E-state index in [-0.39, 0.29) is 0 Å². The molecule has 0 saturated heterocycles. The molecule has 1 heteroatoms. The second-order valence-corrected chi connectivity index (χ2v) is 5.75. The molecule has 0 bridgehead atoms. The van der Waals surface area contributed by atoms with Gasteiger partial charge < -0.3 is 0 Å². The third kappa shape index (κ3) is 10.3. The van der Waals surface area contributed by atoms with E-state index >= 15 is 0 Å². The third-order valence-corrected chi connectivity index (χ3v) is 2.70. The Morgan fingerprint density at radius 2 is 1.46 bits per heavy atom. The van der Waals surface area contributed by atoms with E-state index in [0.717, 1.165) is 11.8 Å². The first kappa shape index (κ1) is 13.4. The first-order valence-corrected chi connectivity index (χ1v) is 6.22. The molecule has 0 aliphatic carbocycles. The van der Waals surface area contributed by atoms with Gasteiger partial charge in [-0.15, -0.1) is 0 Å². The first-order chi connectivity index (χ1) is 6.02. The zero-order valence-corrected chi connectivity index (χ0v) is 10.6. The Bertz CT molecular complexity index is 108. The van der Waals surface area contributed by atoms with Crippen molar-refractivity contribution >= 4 is 12.6 Å². The van der Waals surface area contributed by atoms with Crippen molar-refractivity contribution in [1.29, 1.82) is 0 Å². The maximum Gasteiger partial charge on any atom is -0.00116 e. The van der Waals surface area contributed by atoms with Gasteiger partial charge in [-0.3, -0.25) is 0 Å². The van der Waals surface area contributed by atoms with E-state index < -0.39 is 0 Å². The van der Waals surface area contributed by atoms with Gasteiger partial charge >= 0.3 is 0 Å². The minimum absolute atomic E-state index is 0.584. The highest BCUT2D eigenvalue weighted by Gasteiger charge is 2.04. The maximum atomic E-state index is 4.38. The molecule has 0 aromatic carbocycles. The molecule has 0 aromatic rings. The second kappa shape index (κ2) is 7.73. The quantitative estimate of drug-likeness (QED) is 0.454. The van der Waals surface area contributed by atoms with Crippen LogP contribution in [0.3, 0.4) is 0 Å². The van der Waals surface area contributed by atoms with Crippen LogP contribution >= 0.6 is 12.6 Å².